The van der Waals surface area contributed by atoms with E-state index in [0.29, 0.717) is 0 Å². The Labute approximate surface area is 103 Å². The first-order chi connectivity index (χ1) is 8.31. The zero-order valence-electron chi connectivity index (χ0n) is 10.4. The van der Waals surface area contributed by atoms with Gasteiger partial charge >= 0.3 is 0 Å². The molecule has 1 fully saturated rings. The van der Waals surface area contributed by atoms with Crippen molar-refractivity contribution in [3.8, 4) is 0 Å². The van der Waals surface area contributed by atoms with Gasteiger partial charge in [0.1, 0.15) is 0 Å². The molecule has 0 aliphatic carbocycles. The number of nitrogens with zero attached hydrogens (tertiary/aromatic N) is 1. The highest BCUT2D eigenvalue weighted by Crippen LogP contribution is 2.21. The molecule has 1 heterocycles. The SMILES string of the molecule is CC[C@H](O)c1ccc(N2CCCOCC2)cc1. The molecule has 94 valence electrons. The Bertz CT molecular complexity index is 329. The van der Waals surface area contributed by atoms with E-state index in [1.807, 2.05) is 19.1 Å². The van der Waals surface area contributed by atoms with E-state index >= 15 is 0 Å². The van der Waals surface area contributed by atoms with Crippen LogP contribution in [0.1, 0.15) is 31.4 Å². The average Bonchev–Trinajstić information content (AvgIpc) is 2.67. The maximum atomic E-state index is 9.74. The minimum Gasteiger partial charge on any atom is -0.388 e. The van der Waals surface area contributed by atoms with Crippen molar-refractivity contribution in [2.45, 2.75) is 25.9 Å². The zero-order valence-corrected chi connectivity index (χ0v) is 10.4. The maximum absolute atomic E-state index is 9.74. The summed E-state index contributed by atoms with van der Waals surface area (Å²) in [5.74, 6) is 0. The lowest BCUT2D eigenvalue weighted by atomic mass is 10.1. The summed E-state index contributed by atoms with van der Waals surface area (Å²) < 4.78 is 5.44. The molecule has 3 nitrogen and oxygen atoms in total. The Balaban J connectivity index is 2.05. The van der Waals surface area contributed by atoms with Crippen LogP contribution in [0.5, 0.6) is 0 Å². The second-order valence-corrected chi connectivity index (χ2v) is 4.47. The first kappa shape index (κ1) is 12.4. The molecule has 1 aliphatic heterocycles. The number of rotatable bonds is 3. The van der Waals surface area contributed by atoms with Crippen molar-refractivity contribution in [3.05, 3.63) is 29.8 Å². The van der Waals surface area contributed by atoms with E-state index in [4.69, 9.17) is 4.74 Å². The highest BCUT2D eigenvalue weighted by Gasteiger charge is 2.10. The van der Waals surface area contributed by atoms with Gasteiger partial charge < -0.3 is 14.7 Å². The van der Waals surface area contributed by atoms with Gasteiger partial charge in [-0.05, 0) is 30.5 Å². The molecule has 3 heteroatoms. The molecule has 17 heavy (non-hydrogen) atoms. The molecule has 1 aromatic rings. The Morgan fingerprint density at radius 1 is 1.24 bits per heavy atom. The molecule has 1 N–H and O–H groups in total. The molecule has 0 unspecified atom stereocenters. The van der Waals surface area contributed by atoms with Crippen molar-refractivity contribution < 1.29 is 9.84 Å². The molecule has 0 bridgehead atoms. The number of benzene rings is 1. The molecular formula is C14H21NO2. The molecular weight excluding hydrogens is 214 g/mol. The average molecular weight is 235 g/mol. The maximum Gasteiger partial charge on any atom is 0.0787 e. The van der Waals surface area contributed by atoms with Crippen LogP contribution in [0.25, 0.3) is 0 Å². The third kappa shape index (κ3) is 3.20. The number of hydrogen-bond acceptors (Lipinski definition) is 3. The van der Waals surface area contributed by atoms with Crippen LogP contribution >= 0.6 is 0 Å². The smallest absolute Gasteiger partial charge is 0.0787 e. The predicted octanol–water partition coefficient (Wildman–Crippen LogP) is 2.36. The van der Waals surface area contributed by atoms with Crippen LogP contribution in [0.3, 0.4) is 0 Å². The van der Waals surface area contributed by atoms with E-state index in [1.54, 1.807) is 0 Å². The summed E-state index contributed by atoms with van der Waals surface area (Å²) in [5, 5.41) is 9.74. The van der Waals surface area contributed by atoms with E-state index in [1.165, 1.54) is 5.69 Å². The topological polar surface area (TPSA) is 32.7 Å². The molecule has 0 amide bonds. The molecule has 1 atom stereocenters. The van der Waals surface area contributed by atoms with Crippen molar-refractivity contribution >= 4 is 5.69 Å². The van der Waals surface area contributed by atoms with Gasteiger partial charge in [0.05, 0.1) is 12.7 Å². The monoisotopic (exact) mass is 235 g/mol. The number of ether oxygens (including phenoxy) is 1. The third-order valence-corrected chi connectivity index (χ3v) is 3.25. The number of aliphatic hydroxyl groups is 1. The molecule has 1 saturated heterocycles. The lowest BCUT2D eigenvalue weighted by molar-refractivity contribution is 0.152. The van der Waals surface area contributed by atoms with E-state index in [2.05, 4.69) is 17.0 Å². The van der Waals surface area contributed by atoms with Crippen LogP contribution in [0.2, 0.25) is 0 Å². The van der Waals surface area contributed by atoms with Crippen molar-refractivity contribution in [3.63, 3.8) is 0 Å². The summed E-state index contributed by atoms with van der Waals surface area (Å²) in [4.78, 5) is 2.34. The summed E-state index contributed by atoms with van der Waals surface area (Å²) in [5.41, 5.74) is 2.23. The van der Waals surface area contributed by atoms with Crippen molar-refractivity contribution in [1.82, 2.24) is 0 Å². The summed E-state index contributed by atoms with van der Waals surface area (Å²) >= 11 is 0. The van der Waals surface area contributed by atoms with E-state index in [0.717, 1.165) is 44.7 Å². The van der Waals surface area contributed by atoms with Gasteiger partial charge in [-0.2, -0.15) is 0 Å². The standard InChI is InChI=1S/C14H21NO2/c1-2-14(16)12-4-6-13(7-5-12)15-8-3-10-17-11-9-15/h4-7,14,16H,2-3,8-11H2,1H3/t14-/m0/s1. The first-order valence-corrected chi connectivity index (χ1v) is 6.42. The van der Waals surface area contributed by atoms with Crippen LogP contribution in [0.15, 0.2) is 24.3 Å². The number of hydrogen-bond donors (Lipinski definition) is 1. The predicted molar refractivity (Wildman–Crippen MR) is 69.3 cm³/mol. The normalized spacial score (nSPS) is 18.8. The fourth-order valence-corrected chi connectivity index (χ4v) is 2.15. The fraction of sp³-hybridized carbons (Fsp3) is 0.571. The first-order valence-electron chi connectivity index (χ1n) is 6.42. The quantitative estimate of drug-likeness (QED) is 0.873. The van der Waals surface area contributed by atoms with Crippen LogP contribution in [0.4, 0.5) is 5.69 Å². The van der Waals surface area contributed by atoms with Gasteiger partial charge in [0.15, 0.2) is 0 Å². The molecule has 0 aromatic heterocycles. The number of aliphatic hydroxyl groups excluding tert-OH is 1. The van der Waals surface area contributed by atoms with Crippen LogP contribution < -0.4 is 4.90 Å². The second kappa shape index (κ2) is 6.03. The minimum absolute atomic E-state index is 0.337. The zero-order chi connectivity index (χ0) is 12.1. The van der Waals surface area contributed by atoms with E-state index in [-0.39, 0.29) is 6.10 Å². The Morgan fingerprint density at radius 3 is 2.71 bits per heavy atom. The highest BCUT2D eigenvalue weighted by molar-refractivity contribution is 5.48. The Morgan fingerprint density at radius 2 is 2.00 bits per heavy atom. The molecule has 2 rings (SSSR count). The summed E-state index contributed by atoms with van der Waals surface area (Å²) in [6, 6.07) is 8.24. The Kier molecular flexibility index (Phi) is 4.40. The van der Waals surface area contributed by atoms with E-state index < -0.39 is 0 Å². The van der Waals surface area contributed by atoms with Crippen molar-refractivity contribution in [1.29, 1.82) is 0 Å². The minimum atomic E-state index is -0.337. The summed E-state index contributed by atoms with van der Waals surface area (Å²) in [6.07, 6.45) is 1.51. The van der Waals surface area contributed by atoms with Gasteiger partial charge in [0, 0.05) is 25.4 Å². The van der Waals surface area contributed by atoms with Crippen LogP contribution in [0, 0.1) is 0 Å². The van der Waals surface area contributed by atoms with Gasteiger partial charge in [0.2, 0.25) is 0 Å². The lowest BCUT2D eigenvalue weighted by Gasteiger charge is -2.22. The van der Waals surface area contributed by atoms with Crippen molar-refractivity contribution in [2.75, 3.05) is 31.2 Å². The van der Waals surface area contributed by atoms with Crippen molar-refractivity contribution in [2.24, 2.45) is 0 Å². The van der Waals surface area contributed by atoms with Gasteiger partial charge in [0.25, 0.3) is 0 Å². The van der Waals surface area contributed by atoms with Gasteiger partial charge in [-0.3, -0.25) is 0 Å². The van der Waals surface area contributed by atoms with E-state index in [9.17, 15) is 5.11 Å². The number of anilines is 1. The molecule has 0 spiro atoms. The fourth-order valence-electron chi connectivity index (χ4n) is 2.15. The van der Waals surface area contributed by atoms with Gasteiger partial charge in [-0.1, -0.05) is 19.1 Å². The summed E-state index contributed by atoms with van der Waals surface area (Å²) in [6.45, 7) is 5.67. The molecule has 0 radical (unpaired) electrons. The molecule has 1 aromatic carbocycles. The van der Waals surface area contributed by atoms with Gasteiger partial charge in [-0.15, -0.1) is 0 Å². The lowest BCUT2D eigenvalue weighted by Crippen LogP contribution is -2.25. The van der Waals surface area contributed by atoms with Crippen LogP contribution in [-0.4, -0.2) is 31.4 Å². The summed E-state index contributed by atoms with van der Waals surface area (Å²) in [7, 11) is 0. The third-order valence-electron chi connectivity index (χ3n) is 3.25. The highest BCUT2D eigenvalue weighted by atomic mass is 16.5. The molecule has 1 aliphatic rings. The van der Waals surface area contributed by atoms with Crippen LogP contribution in [-0.2, 0) is 4.74 Å². The molecule has 0 saturated carbocycles. The Hall–Kier alpha value is -1.06. The van der Waals surface area contributed by atoms with Gasteiger partial charge in [-0.25, -0.2) is 0 Å². The largest absolute Gasteiger partial charge is 0.388 e. The second-order valence-electron chi connectivity index (χ2n) is 4.47.